The summed E-state index contributed by atoms with van der Waals surface area (Å²) in [6.45, 7) is 5.79. The van der Waals surface area contributed by atoms with Gasteiger partial charge in [-0.2, -0.15) is 0 Å². The number of carbonyl (C=O) groups is 1. The minimum absolute atomic E-state index is 0.0866. The Balaban J connectivity index is 2.31. The van der Waals surface area contributed by atoms with Crippen molar-refractivity contribution in [2.75, 3.05) is 0 Å². The van der Waals surface area contributed by atoms with Gasteiger partial charge in [-0.1, -0.05) is 6.58 Å². The van der Waals surface area contributed by atoms with Crippen molar-refractivity contribution < 1.29 is 9.90 Å². The Morgan fingerprint density at radius 1 is 1.50 bits per heavy atom. The summed E-state index contributed by atoms with van der Waals surface area (Å²) in [6.07, 6.45) is 4.23. The normalized spacial score (nSPS) is 27.1. The van der Waals surface area contributed by atoms with Gasteiger partial charge < -0.3 is 16.2 Å². The van der Waals surface area contributed by atoms with Gasteiger partial charge in [0.1, 0.15) is 0 Å². The fourth-order valence-electron chi connectivity index (χ4n) is 2.41. The number of rotatable bonds is 5. The number of nitrogens with one attached hydrogen (secondary N) is 1. The quantitative estimate of drug-likeness (QED) is 0.663. The van der Waals surface area contributed by atoms with E-state index in [0.717, 1.165) is 31.4 Å². The zero-order valence-corrected chi connectivity index (χ0v) is 9.91. The van der Waals surface area contributed by atoms with Crippen LogP contribution < -0.4 is 11.1 Å². The summed E-state index contributed by atoms with van der Waals surface area (Å²) in [5, 5.41) is 12.0. The molecule has 1 atom stereocenters. The van der Waals surface area contributed by atoms with E-state index >= 15 is 0 Å². The second-order valence-electron chi connectivity index (χ2n) is 4.80. The standard InChI is InChI=1S/C12H22N2O2/c1-8(2)14-10-5-3-9(4-6-10)11(13)7-12(15)16/h9-11,14H,1,3-7,13H2,2H3,(H,15,16). The Morgan fingerprint density at radius 2 is 2.06 bits per heavy atom. The van der Waals surface area contributed by atoms with Crippen molar-refractivity contribution in [3.63, 3.8) is 0 Å². The number of hydrogen-bond donors (Lipinski definition) is 3. The molecule has 1 saturated carbocycles. The predicted octanol–water partition coefficient (Wildman–Crippen LogP) is 1.47. The van der Waals surface area contributed by atoms with Crippen molar-refractivity contribution in [2.24, 2.45) is 11.7 Å². The van der Waals surface area contributed by atoms with Crippen molar-refractivity contribution >= 4 is 5.97 Å². The Bertz CT molecular complexity index is 258. The van der Waals surface area contributed by atoms with Crippen molar-refractivity contribution in [3.8, 4) is 0 Å². The number of hydrogen-bond acceptors (Lipinski definition) is 3. The van der Waals surface area contributed by atoms with E-state index in [1.165, 1.54) is 0 Å². The van der Waals surface area contributed by atoms with E-state index in [0.29, 0.717) is 12.0 Å². The Kier molecular flexibility index (Phi) is 4.80. The fraction of sp³-hybridized carbons (Fsp3) is 0.750. The summed E-state index contributed by atoms with van der Waals surface area (Å²) >= 11 is 0. The first kappa shape index (κ1) is 13.0. The van der Waals surface area contributed by atoms with Gasteiger partial charge >= 0.3 is 5.97 Å². The Morgan fingerprint density at radius 3 is 2.50 bits per heavy atom. The maximum atomic E-state index is 10.6. The Hall–Kier alpha value is -1.03. The summed E-state index contributed by atoms with van der Waals surface area (Å²) in [5.74, 6) is -0.436. The third-order valence-corrected chi connectivity index (χ3v) is 3.24. The van der Waals surface area contributed by atoms with Gasteiger partial charge in [0.15, 0.2) is 0 Å². The van der Waals surface area contributed by atoms with Gasteiger partial charge in [-0.3, -0.25) is 4.79 Å². The SMILES string of the molecule is C=C(C)NC1CCC(C(N)CC(=O)O)CC1. The highest BCUT2D eigenvalue weighted by molar-refractivity contribution is 5.67. The van der Waals surface area contributed by atoms with E-state index in [1.54, 1.807) is 0 Å². The molecule has 0 spiro atoms. The lowest BCUT2D eigenvalue weighted by Gasteiger charge is -2.32. The van der Waals surface area contributed by atoms with Crippen LogP contribution in [0.3, 0.4) is 0 Å². The molecule has 0 heterocycles. The first-order valence-corrected chi connectivity index (χ1v) is 5.88. The molecule has 1 fully saturated rings. The summed E-state index contributed by atoms with van der Waals surface area (Å²) in [7, 11) is 0. The molecule has 0 saturated heterocycles. The number of aliphatic carboxylic acids is 1. The van der Waals surface area contributed by atoms with Gasteiger partial charge in [0.2, 0.25) is 0 Å². The molecule has 1 aliphatic carbocycles. The highest BCUT2D eigenvalue weighted by atomic mass is 16.4. The maximum Gasteiger partial charge on any atom is 0.304 e. The van der Waals surface area contributed by atoms with Gasteiger partial charge in [-0.25, -0.2) is 0 Å². The summed E-state index contributed by atoms with van der Waals surface area (Å²) < 4.78 is 0. The van der Waals surface area contributed by atoms with E-state index in [2.05, 4.69) is 11.9 Å². The van der Waals surface area contributed by atoms with Crippen LogP contribution >= 0.6 is 0 Å². The molecule has 0 aromatic carbocycles. The molecule has 0 aromatic heterocycles. The van der Waals surface area contributed by atoms with Crippen LogP contribution in [0.1, 0.15) is 39.0 Å². The van der Waals surface area contributed by atoms with Gasteiger partial charge in [-0.05, 0) is 38.5 Å². The van der Waals surface area contributed by atoms with Gasteiger partial charge in [0, 0.05) is 17.8 Å². The second kappa shape index (κ2) is 5.89. The van der Waals surface area contributed by atoms with Crippen molar-refractivity contribution in [2.45, 2.75) is 51.1 Å². The van der Waals surface area contributed by atoms with E-state index in [9.17, 15) is 4.79 Å². The molecule has 1 unspecified atom stereocenters. The molecule has 4 nitrogen and oxygen atoms in total. The zero-order valence-electron chi connectivity index (χ0n) is 9.91. The maximum absolute atomic E-state index is 10.6. The van der Waals surface area contributed by atoms with Crippen LogP contribution in [0.5, 0.6) is 0 Å². The van der Waals surface area contributed by atoms with Crippen LogP contribution in [-0.4, -0.2) is 23.2 Å². The summed E-state index contributed by atoms with van der Waals surface area (Å²) in [5.41, 5.74) is 6.88. The highest BCUT2D eigenvalue weighted by Gasteiger charge is 2.26. The van der Waals surface area contributed by atoms with E-state index < -0.39 is 5.97 Å². The smallest absolute Gasteiger partial charge is 0.304 e. The number of carboxylic acids is 1. The van der Waals surface area contributed by atoms with Crippen LogP contribution in [0.4, 0.5) is 0 Å². The molecule has 4 N–H and O–H groups in total. The molecule has 0 bridgehead atoms. The van der Waals surface area contributed by atoms with Crippen LogP contribution in [0.25, 0.3) is 0 Å². The van der Waals surface area contributed by atoms with E-state index in [1.807, 2.05) is 6.92 Å². The molecule has 0 aromatic rings. The number of nitrogens with two attached hydrogens (primary N) is 1. The van der Waals surface area contributed by atoms with Crippen LogP contribution in [0, 0.1) is 5.92 Å². The third-order valence-electron chi connectivity index (χ3n) is 3.24. The average Bonchev–Trinajstić information content (AvgIpc) is 2.16. The predicted molar refractivity (Wildman–Crippen MR) is 63.9 cm³/mol. The van der Waals surface area contributed by atoms with Gasteiger partial charge in [0.05, 0.1) is 6.42 Å². The second-order valence-corrected chi connectivity index (χ2v) is 4.80. The first-order valence-electron chi connectivity index (χ1n) is 5.88. The van der Waals surface area contributed by atoms with Crippen LogP contribution in [0.2, 0.25) is 0 Å². The van der Waals surface area contributed by atoms with Gasteiger partial charge in [-0.15, -0.1) is 0 Å². The van der Waals surface area contributed by atoms with E-state index in [-0.39, 0.29) is 12.5 Å². The zero-order chi connectivity index (χ0) is 12.1. The average molecular weight is 226 g/mol. The van der Waals surface area contributed by atoms with Crippen LogP contribution in [-0.2, 0) is 4.79 Å². The number of carboxylic acid groups (broad SMARTS) is 1. The minimum atomic E-state index is -0.797. The lowest BCUT2D eigenvalue weighted by Crippen LogP contribution is -2.39. The molecular formula is C12H22N2O2. The molecule has 16 heavy (non-hydrogen) atoms. The molecule has 0 amide bonds. The topological polar surface area (TPSA) is 75.3 Å². The van der Waals surface area contributed by atoms with E-state index in [4.69, 9.17) is 10.8 Å². The molecule has 0 radical (unpaired) electrons. The molecule has 0 aliphatic heterocycles. The molecule has 4 heteroatoms. The lowest BCUT2D eigenvalue weighted by molar-refractivity contribution is -0.137. The first-order chi connectivity index (χ1) is 7.49. The molecular weight excluding hydrogens is 204 g/mol. The lowest BCUT2D eigenvalue weighted by atomic mass is 9.81. The van der Waals surface area contributed by atoms with Gasteiger partial charge in [0.25, 0.3) is 0 Å². The Labute approximate surface area is 96.9 Å². The summed E-state index contributed by atoms with van der Waals surface area (Å²) in [6, 6.07) is 0.300. The molecule has 92 valence electrons. The van der Waals surface area contributed by atoms with Crippen molar-refractivity contribution in [1.29, 1.82) is 0 Å². The minimum Gasteiger partial charge on any atom is -0.481 e. The van der Waals surface area contributed by atoms with Crippen molar-refractivity contribution in [3.05, 3.63) is 12.3 Å². The number of allylic oxidation sites excluding steroid dienone is 1. The third kappa shape index (κ3) is 4.23. The monoisotopic (exact) mass is 226 g/mol. The highest BCUT2D eigenvalue weighted by Crippen LogP contribution is 2.27. The molecule has 1 aliphatic rings. The van der Waals surface area contributed by atoms with Crippen molar-refractivity contribution in [1.82, 2.24) is 5.32 Å². The summed E-state index contributed by atoms with van der Waals surface area (Å²) in [4.78, 5) is 10.6. The van der Waals surface area contributed by atoms with Crippen LogP contribution in [0.15, 0.2) is 12.3 Å². The fourth-order valence-corrected chi connectivity index (χ4v) is 2.41. The largest absolute Gasteiger partial charge is 0.481 e. The molecule has 1 rings (SSSR count).